The molecule has 0 bridgehead atoms. The summed E-state index contributed by atoms with van der Waals surface area (Å²) in [6.45, 7) is 0. The van der Waals surface area contributed by atoms with Crippen LogP contribution in [0.3, 0.4) is 0 Å². The molecular formula is C12H8ClFN2O4S. The average Bonchev–Trinajstić information content (AvgIpc) is 2.38. The van der Waals surface area contributed by atoms with E-state index in [9.17, 15) is 22.9 Å². The SMILES string of the molecule is O=[N+]([O-])c1ccc(Cl)cc1NS(=O)(=O)c1cccc(F)c1. The second kappa shape index (κ2) is 5.66. The summed E-state index contributed by atoms with van der Waals surface area (Å²) in [5.74, 6) is -0.738. The Bertz CT molecular complexity index is 811. The van der Waals surface area contributed by atoms with E-state index in [1.165, 1.54) is 18.2 Å². The topological polar surface area (TPSA) is 89.3 Å². The maximum atomic E-state index is 13.1. The van der Waals surface area contributed by atoms with Crippen molar-refractivity contribution in [2.75, 3.05) is 4.72 Å². The van der Waals surface area contributed by atoms with Crippen molar-refractivity contribution in [3.8, 4) is 0 Å². The van der Waals surface area contributed by atoms with Gasteiger partial charge in [-0.3, -0.25) is 14.8 Å². The molecule has 0 saturated heterocycles. The molecule has 110 valence electrons. The van der Waals surface area contributed by atoms with Gasteiger partial charge < -0.3 is 0 Å². The van der Waals surface area contributed by atoms with E-state index in [1.54, 1.807) is 0 Å². The first-order valence-corrected chi connectivity index (χ1v) is 7.38. The van der Waals surface area contributed by atoms with Crippen molar-refractivity contribution in [3.63, 3.8) is 0 Å². The van der Waals surface area contributed by atoms with E-state index in [0.717, 1.165) is 24.3 Å². The summed E-state index contributed by atoms with van der Waals surface area (Å²) < 4.78 is 39.3. The van der Waals surface area contributed by atoms with Crippen LogP contribution in [-0.2, 0) is 10.0 Å². The van der Waals surface area contributed by atoms with Crippen molar-refractivity contribution >= 4 is 33.0 Å². The van der Waals surface area contributed by atoms with E-state index in [2.05, 4.69) is 0 Å². The Kier molecular flexibility index (Phi) is 4.10. The van der Waals surface area contributed by atoms with E-state index >= 15 is 0 Å². The van der Waals surface area contributed by atoms with Gasteiger partial charge in [-0.2, -0.15) is 0 Å². The molecule has 0 unspecified atom stereocenters. The van der Waals surface area contributed by atoms with Gasteiger partial charge in [0.15, 0.2) is 0 Å². The Hall–Kier alpha value is -2.19. The van der Waals surface area contributed by atoms with Crippen molar-refractivity contribution < 1.29 is 17.7 Å². The molecule has 2 aromatic rings. The van der Waals surface area contributed by atoms with Gasteiger partial charge in [-0.25, -0.2) is 12.8 Å². The van der Waals surface area contributed by atoms with Crippen LogP contribution in [0.1, 0.15) is 0 Å². The minimum absolute atomic E-state index is 0.123. The first-order chi connectivity index (χ1) is 9.79. The molecule has 0 aromatic heterocycles. The van der Waals surface area contributed by atoms with Crippen LogP contribution in [0.4, 0.5) is 15.8 Å². The number of nitrogens with zero attached hydrogens (tertiary/aromatic N) is 1. The molecule has 21 heavy (non-hydrogen) atoms. The second-order valence-electron chi connectivity index (χ2n) is 3.98. The number of hydrogen-bond acceptors (Lipinski definition) is 4. The van der Waals surface area contributed by atoms with Crippen molar-refractivity contribution in [1.29, 1.82) is 0 Å². The molecule has 1 N–H and O–H groups in total. The number of benzene rings is 2. The van der Waals surface area contributed by atoms with Crippen LogP contribution in [0.5, 0.6) is 0 Å². The Morgan fingerprint density at radius 3 is 2.52 bits per heavy atom. The third kappa shape index (κ3) is 3.47. The molecule has 0 amide bonds. The van der Waals surface area contributed by atoms with Crippen molar-refractivity contribution in [2.45, 2.75) is 4.90 Å². The third-order valence-corrected chi connectivity index (χ3v) is 4.10. The highest BCUT2D eigenvalue weighted by atomic mass is 35.5. The molecule has 0 fully saturated rings. The first-order valence-electron chi connectivity index (χ1n) is 5.52. The van der Waals surface area contributed by atoms with E-state index in [1.807, 2.05) is 4.72 Å². The quantitative estimate of drug-likeness (QED) is 0.688. The Morgan fingerprint density at radius 2 is 1.90 bits per heavy atom. The molecule has 0 saturated carbocycles. The Morgan fingerprint density at radius 1 is 1.19 bits per heavy atom. The molecule has 6 nitrogen and oxygen atoms in total. The molecule has 0 aliphatic heterocycles. The highest BCUT2D eigenvalue weighted by molar-refractivity contribution is 7.92. The minimum atomic E-state index is -4.16. The predicted molar refractivity (Wildman–Crippen MR) is 75.3 cm³/mol. The van der Waals surface area contributed by atoms with Crippen molar-refractivity contribution in [3.05, 3.63) is 63.4 Å². The number of anilines is 1. The lowest BCUT2D eigenvalue weighted by Gasteiger charge is -2.09. The zero-order valence-corrected chi connectivity index (χ0v) is 11.9. The molecule has 9 heteroatoms. The smallest absolute Gasteiger partial charge is 0.273 e. The molecule has 2 aromatic carbocycles. The van der Waals surface area contributed by atoms with E-state index < -0.39 is 26.5 Å². The lowest BCUT2D eigenvalue weighted by molar-refractivity contribution is -0.383. The molecule has 0 atom stereocenters. The summed E-state index contributed by atoms with van der Waals surface area (Å²) in [5.41, 5.74) is -0.754. The van der Waals surface area contributed by atoms with Crippen LogP contribution >= 0.6 is 11.6 Å². The van der Waals surface area contributed by atoms with Crippen LogP contribution < -0.4 is 4.72 Å². The fraction of sp³-hybridized carbons (Fsp3) is 0. The second-order valence-corrected chi connectivity index (χ2v) is 6.10. The van der Waals surface area contributed by atoms with Gasteiger partial charge in [0.2, 0.25) is 0 Å². The summed E-state index contributed by atoms with van der Waals surface area (Å²) in [7, 11) is -4.16. The van der Waals surface area contributed by atoms with Gasteiger partial charge in [0.25, 0.3) is 15.7 Å². The number of rotatable bonds is 4. The fourth-order valence-electron chi connectivity index (χ4n) is 1.59. The number of hydrogen-bond donors (Lipinski definition) is 1. The predicted octanol–water partition coefficient (Wildman–Crippen LogP) is 3.19. The summed E-state index contributed by atoms with van der Waals surface area (Å²) in [6.07, 6.45) is 0. The highest BCUT2D eigenvalue weighted by Gasteiger charge is 2.21. The lowest BCUT2D eigenvalue weighted by atomic mass is 10.3. The van der Waals surface area contributed by atoms with Gasteiger partial charge in [0, 0.05) is 11.1 Å². The highest BCUT2D eigenvalue weighted by Crippen LogP contribution is 2.29. The molecule has 0 radical (unpaired) electrons. The maximum absolute atomic E-state index is 13.1. The number of sulfonamides is 1. The zero-order valence-electron chi connectivity index (χ0n) is 10.3. The van der Waals surface area contributed by atoms with Gasteiger partial charge >= 0.3 is 0 Å². The molecule has 0 heterocycles. The molecule has 2 rings (SSSR count). The third-order valence-electron chi connectivity index (χ3n) is 2.51. The van der Waals surface area contributed by atoms with Crippen LogP contribution in [0.25, 0.3) is 0 Å². The Labute approximate surface area is 124 Å². The number of nitro groups is 1. The zero-order chi connectivity index (χ0) is 15.6. The minimum Gasteiger partial charge on any atom is -0.273 e. The van der Waals surface area contributed by atoms with Crippen LogP contribution in [-0.4, -0.2) is 13.3 Å². The monoisotopic (exact) mass is 330 g/mol. The number of nitrogens with one attached hydrogen (secondary N) is 1. The van der Waals surface area contributed by atoms with Gasteiger partial charge in [-0.05, 0) is 30.3 Å². The first kappa shape index (κ1) is 15.2. The largest absolute Gasteiger partial charge is 0.293 e. The van der Waals surface area contributed by atoms with Gasteiger partial charge in [0.05, 0.1) is 9.82 Å². The van der Waals surface area contributed by atoms with E-state index in [-0.39, 0.29) is 15.6 Å². The molecule has 0 aliphatic carbocycles. The lowest BCUT2D eigenvalue weighted by Crippen LogP contribution is -2.14. The summed E-state index contributed by atoms with van der Waals surface area (Å²) in [4.78, 5) is 9.78. The van der Waals surface area contributed by atoms with Crippen LogP contribution in [0, 0.1) is 15.9 Å². The average molecular weight is 331 g/mol. The van der Waals surface area contributed by atoms with Gasteiger partial charge in [-0.15, -0.1) is 0 Å². The normalized spacial score (nSPS) is 11.1. The molecule has 0 aliphatic rings. The number of halogens is 2. The summed E-state index contributed by atoms with van der Waals surface area (Å²) in [5, 5.41) is 11.0. The fourth-order valence-corrected chi connectivity index (χ4v) is 2.86. The molecular weight excluding hydrogens is 323 g/mol. The summed E-state index contributed by atoms with van der Waals surface area (Å²) in [6, 6.07) is 7.72. The van der Waals surface area contributed by atoms with E-state index in [4.69, 9.17) is 11.6 Å². The van der Waals surface area contributed by atoms with Crippen LogP contribution in [0.15, 0.2) is 47.4 Å². The number of nitro benzene ring substituents is 1. The van der Waals surface area contributed by atoms with Crippen LogP contribution in [0.2, 0.25) is 5.02 Å². The van der Waals surface area contributed by atoms with Gasteiger partial charge in [-0.1, -0.05) is 17.7 Å². The van der Waals surface area contributed by atoms with Crippen molar-refractivity contribution in [1.82, 2.24) is 0 Å². The Balaban J connectivity index is 2.46. The van der Waals surface area contributed by atoms with Gasteiger partial charge in [0.1, 0.15) is 11.5 Å². The van der Waals surface area contributed by atoms with Crippen molar-refractivity contribution in [2.24, 2.45) is 0 Å². The summed E-state index contributed by atoms with van der Waals surface area (Å²) >= 11 is 5.70. The standard InChI is InChI=1S/C12H8ClFN2O4S/c13-8-4-5-12(16(17)18)11(6-8)15-21(19,20)10-3-1-2-9(14)7-10/h1-7,15H. The van der Waals surface area contributed by atoms with E-state index in [0.29, 0.717) is 0 Å². The maximum Gasteiger partial charge on any atom is 0.293 e. The molecule has 0 spiro atoms.